The summed E-state index contributed by atoms with van der Waals surface area (Å²) >= 11 is 0. The van der Waals surface area contributed by atoms with Gasteiger partial charge in [0.25, 0.3) is 0 Å². The summed E-state index contributed by atoms with van der Waals surface area (Å²) in [6.45, 7) is 3.09. The number of aryl methyl sites for hydroxylation is 1. The van der Waals surface area contributed by atoms with Crippen LogP contribution in [-0.4, -0.2) is 16.6 Å². The zero-order chi connectivity index (χ0) is 25.8. The van der Waals surface area contributed by atoms with E-state index in [1.807, 2.05) is 12.4 Å². The van der Waals surface area contributed by atoms with E-state index in [0.717, 1.165) is 42.5 Å². The summed E-state index contributed by atoms with van der Waals surface area (Å²) in [4.78, 5) is 9.25. The highest BCUT2D eigenvalue weighted by Crippen LogP contribution is 2.34. The van der Waals surface area contributed by atoms with Crippen LogP contribution in [0, 0.1) is 5.92 Å². The van der Waals surface area contributed by atoms with E-state index in [9.17, 15) is 0 Å². The number of unbranched alkanes of at least 4 members (excludes halogenated alkanes) is 15. The van der Waals surface area contributed by atoms with Gasteiger partial charge < -0.3 is 4.74 Å². The summed E-state index contributed by atoms with van der Waals surface area (Å²) in [6.07, 6.45) is 32.8. The van der Waals surface area contributed by atoms with Gasteiger partial charge in [-0.1, -0.05) is 122 Å². The van der Waals surface area contributed by atoms with Crippen LogP contribution in [0.2, 0.25) is 0 Å². The Balaban J connectivity index is 1.19. The molecule has 0 bridgehead atoms. The highest BCUT2D eigenvalue weighted by molar-refractivity contribution is 5.55. The number of hydrogen-bond donors (Lipinski definition) is 0. The third-order valence-corrected chi connectivity index (χ3v) is 7.86. The molecule has 1 aliphatic carbocycles. The molecule has 1 heterocycles. The Hall–Kier alpha value is -1.90. The summed E-state index contributed by atoms with van der Waals surface area (Å²) in [5.74, 6) is 2.85. The van der Waals surface area contributed by atoms with Crippen molar-refractivity contribution >= 4 is 0 Å². The summed E-state index contributed by atoms with van der Waals surface area (Å²) in [5, 5.41) is 0. The summed E-state index contributed by atoms with van der Waals surface area (Å²) < 4.78 is 5.95. The SMILES string of the molecule is CCCCCCCCCCCCc1cnc(-c2ccc(OCCCCCCCCCC3CC3)cc2)nc1. The normalized spacial score (nSPS) is 13.2. The number of ether oxygens (including phenoxy) is 1. The highest BCUT2D eigenvalue weighted by Gasteiger charge is 2.19. The van der Waals surface area contributed by atoms with Crippen molar-refractivity contribution in [3.63, 3.8) is 0 Å². The number of hydrogen-bond acceptors (Lipinski definition) is 3. The van der Waals surface area contributed by atoms with Crippen molar-refractivity contribution in [1.29, 1.82) is 0 Å². The molecule has 3 heteroatoms. The molecule has 0 saturated heterocycles. The summed E-state index contributed by atoms with van der Waals surface area (Å²) in [5.41, 5.74) is 2.31. The fraction of sp³-hybridized carbons (Fsp3) is 0.706. The molecular formula is C34H54N2O. The second kappa shape index (κ2) is 19.2. The molecule has 3 nitrogen and oxygen atoms in total. The van der Waals surface area contributed by atoms with E-state index in [1.165, 1.54) is 128 Å². The van der Waals surface area contributed by atoms with Crippen LogP contribution in [-0.2, 0) is 6.42 Å². The van der Waals surface area contributed by atoms with Gasteiger partial charge in [0.05, 0.1) is 6.61 Å². The number of benzene rings is 1. The van der Waals surface area contributed by atoms with Crippen molar-refractivity contribution in [2.24, 2.45) is 5.92 Å². The minimum Gasteiger partial charge on any atom is -0.494 e. The Bertz CT molecular complexity index is 798. The molecule has 0 aliphatic heterocycles. The van der Waals surface area contributed by atoms with Crippen LogP contribution < -0.4 is 4.74 Å². The van der Waals surface area contributed by atoms with Crippen molar-refractivity contribution in [2.45, 2.75) is 142 Å². The lowest BCUT2D eigenvalue weighted by Gasteiger charge is -2.08. The van der Waals surface area contributed by atoms with Crippen LogP contribution >= 0.6 is 0 Å². The van der Waals surface area contributed by atoms with Crippen molar-refractivity contribution in [1.82, 2.24) is 9.97 Å². The van der Waals surface area contributed by atoms with E-state index in [2.05, 4.69) is 41.2 Å². The first kappa shape index (κ1) is 29.7. The maximum atomic E-state index is 5.95. The van der Waals surface area contributed by atoms with Gasteiger partial charge in [-0.25, -0.2) is 9.97 Å². The number of nitrogens with zero attached hydrogens (tertiary/aromatic N) is 2. The molecule has 0 atom stereocenters. The molecule has 2 aromatic rings. The first-order valence-corrected chi connectivity index (χ1v) is 15.9. The Morgan fingerprint density at radius 1 is 0.649 bits per heavy atom. The molecule has 206 valence electrons. The first-order valence-electron chi connectivity index (χ1n) is 15.9. The van der Waals surface area contributed by atoms with Crippen molar-refractivity contribution < 1.29 is 4.74 Å². The molecule has 37 heavy (non-hydrogen) atoms. The Morgan fingerprint density at radius 3 is 1.78 bits per heavy atom. The van der Waals surface area contributed by atoms with Crippen LogP contribution in [0.4, 0.5) is 0 Å². The van der Waals surface area contributed by atoms with E-state index in [4.69, 9.17) is 4.74 Å². The van der Waals surface area contributed by atoms with Gasteiger partial charge in [-0.2, -0.15) is 0 Å². The van der Waals surface area contributed by atoms with E-state index in [0.29, 0.717) is 0 Å². The quantitative estimate of drug-likeness (QED) is 0.141. The van der Waals surface area contributed by atoms with Crippen molar-refractivity contribution in [3.8, 4) is 17.1 Å². The molecule has 0 unspecified atom stereocenters. The minimum atomic E-state index is 0.801. The predicted molar refractivity (Wildman–Crippen MR) is 158 cm³/mol. The van der Waals surface area contributed by atoms with Crippen molar-refractivity contribution in [2.75, 3.05) is 6.61 Å². The number of rotatable bonds is 23. The van der Waals surface area contributed by atoms with Gasteiger partial charge in [0.2, 0.25) is 0 Å². The van der Waals surface area contributed by atoms with Gasteiger partial charge in [0, 0.05) is 18.0 Å². The Kier molecular flexibility index (Phi) is 15.4. The molecule has 1 saturated carbocycles. The molecule has 1 aromatic carbocycles. The summed E-state index contributed by atoms with van der Waals surface area (Å²) in [6, 6.07) is 8.26. The lowest BCUT2D eigenvalue weighted by molar-refractivity contribution is 0.304. The topological polar surface area (TPSA) is 35.0 Å². The number of aromatic nitrogens is 2. The molecule has 0 radical (unpaired) electrons. The molecule has 3 rings (SSSR count). The average Bonchev–Trinajstić information content (AvgIpc) is 3.76. The second-order valence-corrected chi connectivity index (χ2v) is 11.4. The van der Waals surface area contributed by atoms with Crippen LogP contribution in [0.5, 0.6) is 5.75 Å². The van der Waals surface area contributed by atoms with Crippen molar-refractivity contribution in [3.05, 3.63) is 42.2 Å². The first-order chi connectivity index (χ1) is 18.3. The smallest absolute Gasteiger partial charge is 0.159 e. The molecular weight excluding hydrogens is 452 g/mol. The molecule has 0 amide bonds. The standard InChI is InChI=1S/C34H54N2O/c1-2-3-4-5-6-7-8-10-14-17-20-31-28-35-34(36-29-31)32-23-25-33(26-24-32)37-27-18-15-12-9-11-13-16-19-30-21-22-30/h23-26,28-30H,2-22,27H2,1H3. The lowest BCUT2D eigenvalue weighted by Crippen LogP contribution is -1.97. The second-order valence-electron chi connectivity index (χ2n) is 11.4. The van der Waals surface area contributed by atoms with Crippen LogP contribution in [0.25, 0.3) is 11.4 Å². The van der Waals surface area contributed by atoms with Gasteiger partial charge in [-0.3, -0.25) is 0 Å². The van der Waals surface area contributed by atoms with Gasteiger partial charge in [-0.05, 0) is 55.0 Å². The molecule has 0 spiro atoms. The molecule has 1 aliphatic rings. The lowest BCUT2D eigenvalue weighted by atomic mass is 10.0. The highest BCUT2D eigenvalue weighted by atomic mass is 16.5. The monoisotopic (exact) mass is 506 g/mol. The molecule has 1 aromatic heterocycles. The average molecular weight is 507 g/mol. The van der Waals surface area contributed by atoms with E-state index < -0.39 is 0 Å². The van der Waals surface area contributed by atoms with Gasteiger partial charge >= 0.3 is 0 Å². The fourth-order valence-electron chi connectivity index (χ4n) is 5.17. The Morgan fingerprint density at radius 2 is 1.19 bits per heavy atom. The zero-order valence-corrected chi connectivity index (χ0v) is 23.9. The minimum absolute atomic E-state index is 0.801. The molecule has 1 fully saturated rings. The largest absolute Gasteiger partial charge is 0.494 e. The van der Waals surface area contributed by atoms with Crippen LogP contribution in [0.15, 0.2) is 36.7 Å². The van der Waals surface area contributed by atoms with E-state index in [-0.39, 0.29) is 0 Å². The van der Waals surface area contributed by atoms with Gasteiger partial charge in [0.15, 0.2) is 5.82 Å². The molecule has 0 N–H and O–H groups in total. The van der Waals surface area contributed by atoms with Gasteiger partial charge in [0.1, 0.15) is 5.75 Å². The third-order valence-electron chi connectivity index (χ3n) is 7.86. The zero-order valence-electron chi connectivity index (χ0n) is 23.9. The predicted octanol–water partition coefficient (Wildman–Crippen LogP) is 10.5. The van der Waals surface area contributed by atoms with Crippen LogP contribution in [0.3, 0.4) is 0 Å². The Labute approximate surface area is 228 Å². The van der Waals surface area contributed by atoms with E-state index >= 15 is 0 Å². The van der Waals surface area contributed by atoms with Gasteiger partial charge in [-0.15, -0.1) is 0 Å². The fourth-order valence-corrected chi connectivity index (χ4v) is 5.17. The summed E-state index contributed by atoms with van der Waals surface area (Å²) in [7, 11) is 0. The third kappa shape index (κ3) is 14.0. The maximum Gasteiger partial charge on any atom is 0.159 e. The van der Waals surface area contributed by atoms with E-state index in [1.54, 1.807) is 0 Å². The van der Waals surface area contributed by atoms with Crippen LogP contribution in [0.1, 0.15) is 141 Å². The maximum absolute atomic E-state index is 5.95.